The van der Waals surface area contributed by atoms with Crippen molar-refractivity contribution in [1.29, 1.82) is 0 Å². The first-order chi connectivity index (χ1) is 14.9. The van der Waals surface area contributed by atoms with Gasteiger partial charge in [0.25, 0.3) is 0 Å². The van der Waals surface area contributed by atoms with Crippen LogP contribution in [0.3, 0.4) is 0 Å². The summed E-state index contributed by atoms with van der Waals surface area (Å²) in [6.45, 7) is 8.14. The molecule has 0 aliphatic rings. The van der Waals surface area contributed by atoms with Crippen molar-refractivity contribution in [3.63, 3.8) is 0 Å². The summed E-state index contributed by atoms with van der Waals surface area (Å²) in [6, 6.07) is 17.7. The van der Waals surface area contributed by atoms with Crippen molar-refractivity contribution in [2.45, 2.75) is 27.7 Å². The van der Waals surface area contributed by atoms with Gasteiger partial charge in [-0.05, 0) is 81.3 Å². The molecule has 0 fully saturated rings. The Bertz CT molecular complexity index is 1300. The second kappa shape index (κ2) is 8.44. The molecule has 0 aliphatic heterocycles. The molecule has 4 aromatic rings. The molecule has 4 rings (SSSR count). The van der Waals surface area contributed by atoms with Gasteiger partial charge in [0.15, 0.2) is 0 Å². The van der Waals surface area contributed by atoms with E-state index in [1.54, 1.807) is 12.4 Å². The summed E-state index contributed by atoms with van der Waals surface area (Å²) in [6.07, 6.45) is 3.47. The summed E-state index contributed by atoms with van der Waals surface area (Å²) in [5.74, 6) is 0. The Balaban J connectivity index is 1.49. The normalized spacial score (nSPS) is 11.2. The fraction of sp³-hybridized carbons (Fsp3) is 0.160. The lowest BCUT2D eigenvalue weighted by molar-refractivity contribution is 0.252. The molecule has 0 saturated carbocycles. The third kappa shape index (κ3) is 4.33. The monoisotopic (exact) mass is 411 g/mol. The van der Waals surface area contributed by atoms with Crippen LogP contribution in [0, 0.1) is 27.7 Å². The van der Waals surface area contributed by atoms with Crippen molar-refractivity contribution < 1.29 is 4.79 Å². The van der Waals surface area contributed by atoms with E-state index in [0.717, 1.165) is 44.8 Å². The highest BCUT2D eigenvalue weighted by Crippen LogP contribution is 2.23. The van der Waals surface area contributed by atoms with Crippen LogP contribution in [0.4, 0.5) is 10.5 Å². The summed E-state index contributed by atoms with van der Waals surface area (Å²) in [5, 5.41) is 8.01. The van der Waals surface area contributed by atoms with Crippen molar-refractivity contribution in [2.24, 2.45) is 5.10 Å². The second-order valence-corrected chi connectivity index (χ2v) is 7.67. The molecular weight excluding hydrogens is 386 g/mol. The Kier molecular flexibility index (Phi) is 5.54. The zero-order valence-electron chi connectivity index (χ0n) is 18.1. The van der Waals surface area contributed by atoms with Gasteiger partial charge in [-0.3, -0.25) is 4.98 Å². The van der Waals surface area contributed by atoms with E-state index >= 15 is 0 Å². The SMILES string of the molecule is Cc1ccc(NC(=O)N/N=C/c2cc(C)n(-c3ccc4ncccc4c3)c2C)cc1C. The summed E-state index contributed by atoms with van der Waals surface area (Å²) < 4.78 is 2.17. The molecule has 0 radical (unpaired) electrons. The number of hydrazone groups is 1. The average molecular weight is 412 g/mol. The lowest BCUT2D eigenvalue weighted by atomic mass is 10.1. The fourth-order valence-corrected chi connectivity index (χ4v) is 3.66. The molecule has 2 aromatic heterocycles. The maximum absolute atomic E-state index is 12.2. The number of pyridine rings is 1. The maximum atomic E-state index is 12.2. The molecule has 2 amide bonds. The number of nitrogens with one attached hydrogen (secondary N) is 2. The number of carbonyl (C=O) groups excluding carboxylic acids is 1. The van der Waals surface area contributed by atoms with Crippen LogP contribution in [0.2, 0.25) is 0 Å². The second-order valence-electron chi connectivity index (χ2n) is 7.67. The van der Waals surface area contributed by atoms with Crippen molar-refractivity contribution in [2.75, 3.05) is 5.32 Å². The Labute approximate surface area is 181 Å². The molecule has 6 heteroatoms. The first-order valence-electron chi connectivity index (χ1n) is 10.1. The highest BCUT2D eigenvalue weighted by atomic mass is 16.2. The Morgan fingerprint density at radius 1 is 1.00 bits per heavy atom. The molecule has 0 atom stereocenters. The molecule has 0 saturated heterocycles. The quantitative estimate of drug-likeness (QED) is 0.348. The molecule has 0 unspecified atom stereocenters. The van der Waals surface area contributed by atoms with Crippen LogP contribution < -0.4 is 10.7 Å². The zero-order chi connectivity index (χ0) is 22.0. The molecule has 31 heavy (non-hydrogen) atoms. The number of aromatic nitrogens is 2. The molecular formula is C25H25N5O. The number of urea groups is 1. The molecule has 156 valence electrons. The molecule has 0 aliphatic carbocycles. The topological polar surface area (TPSA) is 71.3 Å². The van der Waals surface area contributed by atoms with E-state index in [9.17, 15) is 4.79 Å². The molecule has 2 heterocycles. The molecule has 0 spiro atoms. The highest BCUT2D eigenvalue weighted by Gasteiger charge is 2.10. The summed E-state index contributed by atoms with van der Waals surface area (Å²) in [4.78, 5) is 16.5. The average Bonchev–Trinajstić information content (AvgIpc) is 3.03. The van der Waals surface area contributed by atoms with Crippen molar-refractivity contribution in [3.8, 4) is 5.69 Å². The maximum Gasteiger partial charge on any atom is 0.339 e. The van der Waals surface area contributed by atoms with E-state index in [4.69, 9.17) is 0 Å². The Morgan fingerprint density at radius 3 is 2.65 bits per heavy atom. The fourth-order valence-electron chi connectivity index (χ4n) is 3.66. The van der Waals surface area contributed by atoms with E-state index in [0.29, 0.717) is 0 Å². The minimum absolute atomic E-state index is 0.379. The largest absolute Gasteiger partial charge is 0.339 e. The van der Waals surface area contributed by atoms with E-state index in [2.05, 4.69) is 56.6 Å². The summed E-state index contributed by atoms with van der Waals surface area (Å²) in [5.41, 5.74) is 10.7. The van der Waals surface area contributed by atoms with E-state index in [1.165, 1.54) is 5.56 Å². The van der Waals surface area contributed by atoms with Gasteiger partial charge in [0.1, 0.15) is 0 Å². The third-order valence-corrected chi connectivity index (χ3v) is 5.45. The molecule has 6 nitrogen and oxygen atoms in total. The lowest BCUT2D eigenvalue weighted by Gasteiger charge is -2.10. The van der Waals surface area contributed by atoms with E-state index in [1.807, 2.05) is 51.1 Å². The van der Waals surface area contributed by atoms with Gasteiger partial charge in [-0.1, -0.05) is 12.1 Å². The molecule has 0 bridgehead atoms. The van der Waals surface area contributed by atoms with Gasteiger partial charge in [-0.2, -0.15) is 5.10 Å². The highest BCUT2D eigenvalue weighted by molar-refractivity contribution is 5.91. The first kappa shape index (κ1) is 20.3. The van der Waals surface area contributed by atoms with Crippen molar-refractivity contribution >= 4 is 28.8 Å². The molecule has 2 aromatic carbocycles. The van der Waals surface area contributed by atoms with Crippen molar-refractivity contribution in [1.82, 2.24) is 15.0 Å². The van der Waals surface area contributed by atoms with Gasteiger partial charge >= 0.3 is 6.03 Å². The van der Waals surface area contributed by atoms with Gasteiger partial charge in [0.2, 0.25) is 0 Å². The van der Waals surface area contributed by atoms with Gasteiger partial charge < -0.3 is 9.88 Å². The van der Waals surface area contributed by atoms with Gasteiger partial charge in [-0.15, -0.1) is 0 Å². The predicted molar refractivity (Wildman–Crippen MR) is 126 cm³/mol. The van der Waals surface area contributed by atoms with Crippen LogP contribution in [0.15, 0.2) is 65.9 Å². The van der Waals surface area contributed by atoms with Crippen molar-refractivity contribution in [3.05, 3.63) is 88.9 Å². The van der Waals surface area contributed by atoms with Crippen LogP contribution in [0.1, 0.15) is 28.1 Å². The number of nitrogens with zero attached hydrogens (tertiary/aromatic N) is 3. The Morgan fingerprint density at radius 2 is 1.84 bits per heavy atom. The number of hydrogen-bond acceptors (Lipinski definition) is 3. The first-order valence-corrected chi connectivity index (χ1v) is 10.1. The van der Waals surface area contributed by atoms with Crippen LogP contribution in [0.25, 0.3) is 16.6 Å². The number of carbonyl (C=O) groups is 1. The number of benzene rings is 2. The lowest BCUT2D eigenvalue weighted by Crippen LogP contribution is -2.24. The van der Waals surface area contributed by atoms with Gasteiger partial charge in [0, 0.05) is 39.9 Å². The number of aryl methyl sites for hydroxylation is 3. The number of fused-ring (bicyclic) bond motifs is 1. The standard InChI is InChI=1S/C25H25N5O/c1-16-7-8-22(12-17(16)2)28-25(31)29-27-15-21-13-18(3)30(19(21)4)23-9-10-24-20(14-23)6-5-11-26-24/h5-15H,1-4H3,(H2,28,29,31)/b27-15+. The minimum atomic E-state index is -0.379. The number of hydrogen-bond donors (Lipinski definition) is 2. The van der Waals surface area contributed by atoms with Crippen LogP contribution in [-0.2, 0) is 0 Å². The number of amides is 2. The number of anilines is 1. The van der Waals surface area contributed by atoms with Crippen LogP contribution >= 0.6 is 0 Å². The van der Waals surface area contributed by atoms with E-state index < -0.39 is 0 Å². The summed E-state index contributed by atoms with van der Waals surface area (Å²) >= 11 is 0. The van der Waals surface area contributed by atoms with Crippen LogP contribution in [0.5, 0.6) is 0 Å². The smallest absolute Gasteiger partial charge is 0.318 e. The predicted octanol–water partition coefficient (Wildman–Crippen LogP) is 5.41. The Hall–Kier alpha value is -3.93. The number of rotatable bonds is 4. The molecule has 2 N–H and O–H groups in total. The summed E-state index contributed by atoms with van der Waals surface area (Å²) in [7, 11) is 0. The van der Waals surface area contributed by atoms with E-state index in [-0.39, 0.29) is 6.03 Å². The zero-order valence-corrected chi connectivity index (χ0v) is 18.1. The minimum Gasteiger partial charge on any atom is -0.318 e. The van der Waals surface area contributed by atoms with Gasteiger partial charge in [-0.25, -0.2) is 10.2 Å². The van der Waals surface area contributed by atoms with Gasteiger partial charge in [0.05, 0.1) is 11.7 Å². The third-order valence-electron chi connectivity index (χ3n) is 5.45. The van der Waals surface area contributed by atoms with Crippen LogP contribution in [-0.4, -0.2) is 21.8 Å².